The molecule has 0 radical (unpaired) electrons. The van der Waals surface area contributed by atoms with Crippen molar-refractivity contribution in [1.29, 1.82) is 0 Å². The Kier molecular flexibility index (Phi) is 5.40. The van der Waals surface area contributed by atoms with Crippen molar-refractivity contribution in [2.45, 2.75) is 13.8 Å². The predicted octanol–water partition coefficient (Wildman–Crippen LogP) is 5.40. The first-order valence-corrected chi connectivity index (χ1v) is 8.62. The molecule has 0 aliphatic carbocycles. The van der Waals surface area contributed by atoms with Crippen molar-refractivity contribution in [3.05, 3.63) is 75.5 Å². The number of aromatic nitrogens is 2. The van der Waals surface area contributed by atoms with Gasteiger partial charge in [0.05, 0.1) is 0 Å². The van der Waals surface area contributed by atoms with Crippen LogP contribution < -0.4 is 10.6 Å². The number of amides is 1. The molecule has 2 aromatic carbocycles. The maximum absolute atomic E-state index is 12.5. The van der Waals surface area contributed by atoms with Gasteiger partial charge >= 0.3 is 0 Å². The summed E-state index contributed by atoms with van der Waals surface area (Å²) in [6.07, 6.45) is 1.53. The second-order valence-corrected chi connectivity index (χ2v) is 6.64. The third-order valence-electron chi connectivity index (χ3n) is 3.77. The zero-order valence-electron chi connectivity index (χ0n) is 14.2. The van der Waals surface area contributed by atoms with Crippen molar-refractivity contribution in [2.24, 2.45) is 0 Å². The standard InChI is InChI=1S/C19H16Cl2N4O/c1-11-3-4-14(21)10-17(11)25-19-22-8-7-16(24-19)18(26)23-15-6-5-13(20)9-12(15)2/h3-10H,1-2H3,(H,23,26)(H,22,24,25). The number of anilines is 3. The summed E-state index contributed by atoms with van der Waals surface area (Å²) < 4.78 is 0. The summed E-state index contributed by atoms with van der Waals surface area (Å²) in [5.74, 6) is -0.0143. The summed E-state index contributed by atoms with van der Waals surface area (Å²) in [5, 5.41) is 7.13. The molecule has 3 aromatic rings. The third kappa shape index (κ3) is 4.31. The number of benzene rings is 2. The quantitative estimate of drug-likeness (QED) is 0.629. The highest BCUT2D eigenvalue weighted by atomic mass is 35.5. The number of hydrogen-bond donors (Lipinski definition) is 2. The number of carbonyl (C=O) groups excluding carboxylic acids is 1. The van der Waals surface area contributed by atoms with Crippen LogP contribution in [0.4, 0.5) is 17.3 Å². The van der Waals surface area contributed by atoms with E-state index in [-0.39, 0.29) is 11.6 Å². The molecule has 0 saturated heterocycles. The first-order valence-electron chi connectivity index (χ1n) is 7.86. The van der Waals surface area contributed by atoms with Crippen molar-refractivity contribution in [3.63, 3.8) is 0 Å². The van der Waals surface area contributed by atoms with Crippen LogP contribution >= 0.6 is 23.2 Å². The predicted molar refractivity (Wildman–Crippen MR) is 106 cm³/mol. The molecular weight excluding hydrogens is 371 g/mol. The number of aryl methyl sites for hydroxylation is 2. The molecule has 1 amide bonds. The SMILES string of the molecule is Cc1cc(Cl)ccc1NC(=O)c1ccnc(Nc2cc(Cl)ccc2C)n1. The largest absolute Gasteiger partial charge is 0.324 e. The third-order valence-corrected chi connectivity index (χ3v) is 4.24. The van der Waals surface area contributed by atoms with Gasteiger partial charge in [0.25, 0.3) is 5.91 Å². The smallest absolute Gasteiger partial charge is 0.274 e. The highest BCUT2D eigenvalue weighted by Crippen LogP contribution is 2.23. The fourth-order valence-corrected chi connectivity index (χ4v) is 2.75. The highest BCUT2D eigenvalue weighted by molar-refractivity contribution is 6.31. The van der Waals surface area contributed by atoms with Gasteiger partial charge in [-0.3, -0.25) is 4.79 Å². The minimum atomic E-state index is -0.330. The summed E-state index contributed by atoms with van der Waals surface area (Å²) in [6, 6.07) is 12.3. The molecule has 0 spiro atoms. The molecular formula is C19H16Cl2N4O. The zero-order chi connectivity index (χ0) is 18.7. The molecule has 0 fully saturated rings. The minimum absolute atomic E-state index is 0.247. The maximum atomic E-state index is 12.5. The van der Waals surface area contributed by atoms with E-state index < -0.39 is 0 Å². The number of halogens is 2. The number of hydrogen-bond acceptors (Lipinski definition) is 4. The highest BCUT2D eigenvalue weighted by Gasteiger charge is 2.11. The Hall–Kier alpha value is -2.63. The van der Waals surface area contributed by atoms with Gasteiger partial charge in [-0.05, 0) is 61.4 Å². The molecule has 1 heterocycles. The Morgan fingerprint density at radius 3 is 2.42 bits per heavy atom. The van der Waals surface area contributed by atoms with Crippen molar-refractivity contribution in [3.8, 4) is 0 Å². The Balaban J connectivity index is 1.80. The molecule has 2 N–H and O–H groups in total. The van der Waals surface area contributed by atoms with E-state index in [1.165, 1.54) is 6.20 Å². The van der Waals surface area contributed by atoms with E-state index in [0.717, 1.165) is 16.8 Å². The van der Waals surface area contributed by atoms with Crippen LogP contribution in [0.1, 0.15) is 21.6 Å². The van der Waals surface area contributed by atoms with E-state index in [1.54, 1.807) is 36.4 Å². The Morgan fingerprint density at radius 1 is 0.923 bits per heavy atom. The second kappa shape index (κ2) is 7.72. The Bertz CT molecular complexity index is 976. The van der Waals surface area contributed by atoms with E-state index in [4.69, 9.17) is 23.2 Å². The van der Waals surface area contributed by atoms with Crippen LogP contribution in [0.3, 0.4) is 0 Å². The van der Waals surface area contributed by atoms with Crippen LogP contribution in [-0.2, 0) is 0 Å². The van der Waals surface area contributed by atoms with Crippen LogP contribution in [-0.4, -0.2) is 15.9 Å². The first-order chi connectivity index (χ1) is 12.4. The summed E-state index contributed by atoms with van der Waals surface area (Å²) >= 11 is 12.0. The van der Waals surface area contributed by atoms with Gasteiger partial charge in [-0.1, -0.05) is 29.3 Å². The minimum Gasteiger partial charge on any atom is -0.324 e. The molecule has 26 heavy (non-hydrogen) atoms. The molecule has 0 aliphatic rings. The first kappa shape index (κ1) is 18.2. The van der Waals surface area contributed by atoms with Crippen LogP contribution in [0, 0.1) is 13.8 Å². The second-order valence-electron chi connectivity index (χ2n) is 5.76. The average molecular weight is 387 g/mol. The normalized spacial score (nSPS) is 10.5. The number of nitrogens with zero attached hydrogens (tertiary/aromatic N) is 2. The summed E-state index contributed by atoms with van der Waals surface area (Å²) in [4.78, 5) is 20.9. The topological polar surface area (TPSA) is 66.9 Å². The van der Waals surface area contributed by atoms with Gasteiger partial charge in [0.1, 0.15) is 5.69 Å². The van der Waals surface area contributed by atoms with Gasteiger partial charge < -0.3 is 10.6 Å². The molecule has 0 atom stereocenters. The number of carbonyl (C=O) groups is 1. The van der Waals surface area contributed by atoms with Gasteiger partial charge in [-0.15, -0.1) is 0 Å². The number of rotatable bonds is 4. The summed E-state index contributed by atoms with van der Waals surface area (Å²) in [7, 11) is 0. The Morgan fingerprint density at radius 2 is 1.65 bits per heavy atom. The van der Waals surface area contributed by atoms with E-state index in [0.29, 0.717) is 21.7 Å². The Labute approximate surface area is 161 Å². The maximum Gasteiger partial charge on any atom is 0.274 e. The van der Waals surface area contributed by atoms with Gasteiger partial charge in [0.15, 0.2) is 0 Å². The fraction of sp³-hybridized carbons (Fsp3) is 0.105. The molecule has 1 aromatic heterocycles. The monoisotopic (exact) mass is 386 g/mol. The van der Waals surface area contributed by atoms with Gasteiger partial charge in [0, 0.05) is 27.6 Å². The lowest BCUT2D eigenvalue weighted by Crippen LogP contribution is -2.15. The lowest BCUT2D eigenvalue weighted by Gasteiger charge is -2.11. The molecule has 7 heteroatoms. The van der Waals surface area contributed by atoms with Crippen LogP contribution in [0.2, 0.25) is 10.0 Å². The molecule has 0 saturated carbocycles. The molecule has 0 unspecified atom stereocenters. The van der Waals surface area contributed by atoms with Crippen molar-refractivity contribution in [2.75, 3.05) is 10.6 Å². The van der Waals surface area contributed by atoms with E-state index >= 15 is 0 Å². The van der Waals surface area contributed by atoms with Gasteiger partial charge in [-0.25, -0.2) is 9.97 Å². The fourth-order valence-electron chi connectivity index (χ4n) is 2.35. The van der Waals surface area contributed by atoms with Crippen molar-refractivity contribution >= 4 is 46.4 Å². The lowest BCUT2D eigenvalue weighted by atomic mass is 10.2. The summed E-state index contributed by atoms with van der Waals surface area (Å²) in [5.41, 5.74) is 3.57. The van der Waals surface area contributed by atoms with Gasteiger partial charge in [-0.2, -0.15) is 0 Å². The molecule has 132 valence electrons. The average Bonchev–Trinajstić information content (AvgIpc) is 2.61. The van der Waals surface area contributed by atoms with Crippen LogP contribution in [0.15, 0.2) is 48.7 Å². The molecule has 3 rings (SSSR count). The van der Waals surface area contributed by atoms with E-state index in [1.807, 2.05) is 19.9 Å². The van der Waals surface area contributed by atoms with Gasteiger partial charge in [0.2, 0.25) is 5.95 Å². The molecule has 0 aliphatic heterocycles. The molecule has 0 bridgehead atoms. The van der Waals surface area contributed by atoms with Crippen molar-refractivity contribution in [1.82, 2.24) is 9.97 Å². The zero-order valence-corrected chi connectivity index (χ0v) is 15.7. The molecule has 5 nitrogen and oxygen atoms in total. The van der Waals surface area contributed by atoms with Crippen LogP contribution in [0.5, 0.6) is 0 Å². The van der Waals surface area contributed by atoms with Crippen molar-refractivity contribution < 1.29 is 4.79 Å². The number of nitrogens with one attached hydrogen (secondary N) is 2. The van der Waals surface area contributed by atoms with Crippen LogP contribution in [0.25, 0.3) is 0 Å². The summed E-state index contributed by atoms with van der Waals surface area (Å²) in [6.45, 7) is 3.81. The van der Waals surface area contributed by atoms with E-state index in [2.05, 4.69) is 20.6 Å². The lowest BCUT2D eigenvalue weighted by molar-refractivity contribution is 0.102. The van der Waals surface area contributed by atoms with E-state index in [9.17, 15) is 4.79 Å².